The summed E-state index contributed by atoms with van der Waals surface area (Å²) in [6.45, 7) is 0. The van der Waals surface area contributed by atoms with E-state index >= 15 is 0 Å². The van der Waals surface area contributed by atoms with Gasteiger partial charge in [0, 0.05) is 16.0 Å². The first-order chi connectivity index (χ1) is 10.2. The highest BCUT2D eigenvalue weighted by Crippen LogP contribution is 2.18. The van der Waals surface area contributed by atoms with Gasteiger partial charge in [0.05, 0.1) is 11.2 Å². The van der Waals surface area contributed by atoms with Gasteiger partial charge in [-0.2, -0.15) is 0 Å². The summed E-state index contributed by atoms with van der Waals surface area (Å²) in [5.74, 6) is 0. The number of carbonyl (C=O) groups excluding carboxylic acids is 1. The van der Waals surface area contributed by atoms with Crippen molar-refractivity contribution >= 4 is 40.9 Å². The second-order valence-electron chi connectivity index (χ2n) is 4.69. The Hall–Kier alpha value is -2.45. The first-order valence-electron chi connectivity index (χ1n) is 6.54. The molecule has 0 aliphatic rings. The molecule has 0 aliphatic carbocycles. The van der Waals surface area contributed by atoms with Crippen LogP contribution in [0.3, 0.4) is 0 Å². The highest BCUT2D eigenvalue weighted by Gasteiger charge is 1.97. The first kappa shape index (κ1) is 13.5. The number of carbonyl (C=O) groups is 1. The molecule has 0 spiro atoms. The van der Waals surface area contributed by atoms with Gasteiger partial charge in [-0.15, -0.1) is 0 Å². The van der Waals surface area contributed by atoms with Gasteiger partial charge in [0.25, 0.3) is 0 Å². The summed E-state index contributed by atoms with van der Waals surface area (Å²) < 4.78 is 0. The van der Waals surface area contributed by atoms with Crippen molar-refractivity contribution in [2.45, 2.75) is 0 Å². The molecule has 0 N–H and O–H groups in total. The average molecular weight is 294 g/mol. The molecule has 0 atom stereocenters. The molecule has 0 amide bonds. The van der Waals surface area contributed by atoms with Crippen molar-refractivity contribution < 1.29 is 4.79 Å². The third kappa shape index (κ3) is 3.18. The van der Waals surface area contributed by atoms with Gasteiger partial charge >= 0.3 is 0 Å². The average Bonchev–Trinajstić information content (AvgIpc) is 2.53. The molecule has 0 radical (unpaired) electrons. The third-order valence-corrected chi connectivity index (χ3v) is 3.43. The van der Waals surface area contributed by atoms with Gasteiger partial charge in [0.2, 0.25) is 0 Å². The minimum Gasteiger partial charge on any atom is -0.298 e. The maximum absolute atomic E-state index is 10.6. The van der Waals surface area contributed by atoms with Gasteiger partial charge in [0.15, 0.2) is 0 Å². The van der Waals surface area contributed by atoms with Gasteiger partial charge in [-0.1, -0.05) is 54.1 Å². The van der Waals surface area contributed by atoms with Gasteiger partial charge in [-0.05, 0) is 29.8 Å². The normalized spacial score (nSPS) is 11.1. The molecule has 3 heteroatoms. The second kappa shape index (κ2) is 5.90. The van der Waals surface area contributed by atoms with E-state index in [4.69, 9.17) is 11.6 Å². The van der Waals surface area contributed by atoms with Crippen molar-refractivity contribution in [3.8, 4) is 0 Å². The van der Waals surface area contributed by atoms with Crippen LogP contribution < -0.4 is 0 Å². The molecule has 0 saturated carbocycles. The topological polar surface area (TPSA) is 30.0 Å². The molecular formula is C18H12ClNO. The minimum atomic E-state index is 0.672. The first-order valence-corrected chi connectivity index (χ1v) is 6.92. The van der Waals surface area contributed by atoms with E-state index < -0.39 is 0 Å². The fourth-order valence-corrected chi connectivity index (χ4v) is 2.23. The van der Waals surface area contributed by atoms with Crippen molar-refractivity contribution in [3.05, 3.63) is 76.4 Å². The molecule has 0 saturated heterocycles. The Morgan fingerprint density at radius 1 is 0.857 bits per heavy atom. The molecule has 3 aromatic rings. The Balaban J connectivity index is 1.89. The second-order valence-corrected chi connectivity index (χ2v) is 5.13. The predicted octanol–water partition coefficient (Wildman–Crippen LogP) is 4.87. The number of nitrogens with zero attached hydrogens (tertiary/aromatic N) is 1. The van der Waals surface area contributed by atoms with Crippen LogP contribution in [-0.2, 0) is 0 Å². The van der Waals surface area contributed by atoms with Gasteiger partial charge in [0.1, 0.15) is 6.29 Å². The van der Waals surface area contributed by atoms with Crippen molar-refractivity contribution in [2.24, 2.45) is 0 Å². The molecule has 0 aliphatic heterocycles. The highest BCUT2D eigenvalue weighted by molar-refractivity contribution is 6.31. The van der Waals surface area contributed by atoms with Crippen LogP contribution in [0.2, 0.25) is 5.02 Å². The Morgan fingerprint density at radius 2 is 1.57 bits per heavy atom. The number of fused-ring (bicyclic) bond motifs is 1. The molecule has 21 heavy (non-hydrogen) atoms. The Labute approximate surface area is 127 Å². The SMILES string of the molecule is O=Cc1ccc(C=Cc2ccc3ccc(Cl)cc3n2)cc1. The number of hydrogen-bond acceptors (Lipinski definition) is 2. The summed E-state index contributed by atoms with van der Waals surface area (Å²) in [6, 6.07) is 17.0. The van der Waals surface area contributed by atoms with Gasteiger partial charge < -0.3 is 0 Å². The predicted molar refractivity (Wildman–Crippen MR) is 87.5 cm³/mol. The number of benzene rings is 2. The number of rotatable bonds is 3. The molecule has 0 unspecified atom stereocenters. The third-order valence-electron chi connectivity index (χ3n) is 3.19. The van der Waals surface area contributed by atoms with E-state index in [1.807, 2.05) is 54.6 Å². The van der Waals surface area contributed by atoms with Gasteiger partial charge in [-0.25, -0.2) is 4.98 Å². The zero-order valence-electron chi connectivity index (χ0n) is 11.2. The summed E-state index contributed by atoms with van der Waals surface area (Å²) in [5.41, 5.74) is 3.43. The Morgan fingerprint density at radius 3 is 2.33 bits per heavy atom. The maximum Gasteiger partial charge on any atom is 0.150 e. The zero-order chi connectivity index (χ0) is 14.7. The van der Waals surface area contributed by atoms with E-state index in [-0.39, 0.29) is 0 Å². The molecule has 3 rings (SSSR count). The number of hydrogen-bond donors (Lipinski definition) is 0. The van der Waals surface area contributed by atoms with E-state index in [1.165, 1.54) is 0 Å². The summed E-state index contributed by atoms with van der Waals surface area (Å²) in [6.07, 6.45) is 4.74. The van der Waals surface area contributed by atoms with Crippen molar-refractivity contribution in [3.63, 3.8) is 0 Å². The molecule has 102 valence electrons. The van der Waals surface area contributed by atoms with E-state index in [0.717, 1.165) is 28.4 Å². The van der Waals surface area contributed by atoms with Crippen LogP contribution in [0.25, 0.3) is 23.1 Å². The molecule has 2 aromatic carbocycles. The molecule has 0 fully saturated rings. The minimum absolute atomic E-state index is 0.672. The molecular weight excluding hydrogens is 282 g/mol. The van der Waals surface area contributed by atoms with Crippen LogP contribution in [0.4, 0.5) is 0 Å². The van der Waals surface area contributed by atoms with Crippen LogP contribution in [-0.4, -0.2) is 11.3 Å². The fourth-order valence-electron chi connectivity index (χ4n) is 2.07. The summed E-state index contributed by atoms with van der Waals surface area (Å²) in [7, 11) is 0. The molecule has 1 aromatic heterocycles. The molecule has 0 bridgehead atoms. The van der Waals surface area contributed by atoms with Crippen molar-refractivity contribution in [1.82, 2.24) is 4.98 Å². The van der Waals surface area contributed by atoms with Crippen LogP contribution in [0.1, 0.15) is 21.6 Å². The quantitative estimate of drug-likeness (QED) is 0.645. The zero-order valence-corrected chi connectivity index (χ0v) is 11.9. The van der Waals surface area contributed by atoms with Crippen LogP contribution in [0.5, 0.6) is 0 Å². The Kier molecular flexibility index (Phi) is 3.80. The summed E-state index contributed by atoms with van der Waals surface area (Å²) in [4.78, 5) is 15.2. The summed E-state index contributed by atoms with van der Waals surface area (Å²) >= 11 is 5.99. The van der Waals surface area contributed by atoms with E-state index in [1.54, 1.807) is 12.1 Å². The lowest BCUT2D eigenvalue weighted by molar-refractivity contribution is 0.112. The highest BCUT2D eigenvalue weighted by atomic mass is 35.5. The smallest absolute Gasteiger partial charge is 0.150 e. The van der Waals surface area contributed by atoms with Gasteiger partial charge in [-0.3, -0.25) is 4.79 Å². The number of aromatic nitrogens is 1. The fraction of sp³-hybridized carbons (Fsp3) is 0. The van der Waals surface area contributed by atoms with E-state index in [0.29, 0.717) is 10.6 Å². The number of pyridine rings is 1. The number of halogens is 1. The van der Waals surface area contributed by atoms with Crippen LogP contribution in [0.15, 0.2) is 54.6 Å². The maximum atomic E-state index is 10.6. The lowest BCUT2D eigenvalue weighted by atomic mass is 10.1. The summed E-state index contributed by atoms with van der Waals surface area (Å²) in [5, 5.41) is 1.74. The molecule has 1 heterocycles. The van der Waals surface area contributed by atoms with E-state index in [9.17, 15) is 4.79 Å². The molecule has 2 nitrogen and oxygen atoms in total. The largest absolute Gasteiger partial charge is 0.298 e. The monoisotopic (exact) mass is 293 g/mol. The van der Waals surface area contributed by atoms with E-state index in [2.05, 4.69) is 4.98 Å². The van der Waals surface area contributed by atoms with Crippen LogP contribution in [0, 0.1) is 0 Å². The lowest BCUT2D eigenvalue weighted by Gasteiger charge is -2.00. The van der Waals surface area contributed by atoms with Crippen molar-refractivity contribution in [1.29, 1.82) is 0 Å². The number of aldehydes is 1. The standard InChI is InChI=1S/C18H12ClNO/c19-16-8-6-15-7-10-17(20-18(15)11-16)9-5-13-1-3-14(12-21)4-2-13/h1-12H. The van der Waals surface area contributed by atoms with Crippen LogP contribution >= 0.6 is 11.6 Å². The lowest BCUT2D eigenvalue weighted by Crippen LogP contribution is -1.83. The van der Waals surface area contributed by atoms with Crippen molar-refractivity contribution in [2.75, 3.05) is 0 Å². The Bertz CT molecular complexity index is 822.